The molecule has 1 saturated heterocycles. The van der Waals surface area contributed by atoms with E-state index in [0.717, 1.165) is 10.4 Å². The van der Waals surface area contributed by atoms with Gasteiger partial charge in [0, 0.05) is 11.5 Å². The van der Waals surface area contributed by atoms with Gasteiger partial charge in [-0.1, -0.05) is 86.5 Å². The number of hydrogen-bond donors (Lipinski definition) is 1. The monoisotopic (exact) mass is 596 g/mol. The zero-order valence-corrected chi connectivity index (χ0v) is 27.4. The van der Waals surface area contributed by atoms with Gasteiger partial charge in [0.1, 0.15) is 11.3 Å². The van der Waals surface area contributed by atoms with E-state index in [1.54, 1.807) is 4.90 Å². The van der Waals surface area contributed by atoms with E-state index in [9.17, 15) is 15.4 Å². The first-order valence-electron chi connectivity index (χ1n) is 14.8. The van der Waals surface area contributed by atoms with Crippen molar-refractivity contribution in [3.63, 3.8) is 0 Å². The van der Waals surface area contributed by atoms with Crippen molar-refractivity contribution < 1.29 is 23.8 Å². The Morgan fingerprint density at radius 1 is 1.07 bits per heavy atom. The Morgan fingerprint density at radius 3 is 2.10 bits per heavy atom. The number of aliphatic hydroxyl groups is 1. The second-order valence-corrected chi connectivity index (χ2v) is 17.8. The Labute approximate surface area is 251 Å². The predicted molar refractivity (Wildman–Crippen MR) is 168 cm³/mol. The van der Waals surface area contributed by atoms with E-state index in [1.165, 1.54) is 0 Å². The molecule has 0 spiro atoms. The molecule has 2 aromatic carbocycles. The first kappa shape index (κ1) is 33.6. The van der Waals surface area contributed by atoms with Gasteiger partial charge in [0.15, 0.2) is 0 Å². The van der Waals surface area contributed by atoms with Crippen molar-refractivity contribution in [2.24, 2.45) is 5.11 Å². The summed E-state index contributed by atoms with van der Waals surface area (Å²) in [5.74, 6) is 0. The molecular formula is C32H48N4O5Si. The number of amides is 1. The van der Waals surface area contributed by atoms with Gasteiger partial charge in [-0.25, -0.2) is 4.79 Å². The highest BCUT2D eigenvalue weighted by atomic mass is 28.4. The average molecular weight is 597 g/mol. The van der Waals surface area contributed by atoms with Crippen LogP contribution in [0.5, 0.6) is 0 Å². The third-order valence-electron chi connectivity index (χ3n) is 7.75. The van der Waals surface area contributed by atoms with E-state index in [1.807, 2.05) is 71.0 Å². The smallest absolute Gasteiger partial charge is 0.412 e. The number of aliphatic hydroxyl groups excluding tert-OH is 1. The third kappa shape index (κ3) is 7.93. The molecule has 1 heterocycles. The first-order valence-corrected chi connectivity index (χ1v) is 16.7. The van der Waals surface area contributed by atoms with Crippen LogP contribution in [0.1, 0.15) is 74.7 Å². The molecule has 1 amide bonds. The van der Waals surface area contributed by atoms with Crippen LogP contribution in [0.3, 0.4) is 0 Å². The summed E-state index contributed by atoms with van der Waals surface area (Å²) in [6.07, 6.45) is -0.192. The summed E-state index contributed by atoms with van der Waals surface area (Å²) in [4.78, 5) is 17.7. The van der Waals surface area contributed by atoms with E-state index >= 15 is 0 Å². The predicted octanol–water partition coefficient (Wildman–Crippen LogP) is 6.15. The van der Waals surface area contributed by atoms with Gasteiger partial charge in [0.05, 0.1) is 24.8 Å². The lowest BCUT2D eigenvalue weighted by Crippen LogP contribution is -2.66. The molecule has 1 N–H and O–H groups in total. The van der Waals surface area contributed by atoms with Gasteiger partial charge in [0.25, 0.3) is 8.32 Å². The molecule has 0 aliphatic carbocycles. The molecule has 230 valence electrons. The largest absolute Gasteiger partial charge is 0.444 e. The van der Waals surface area contributed by atoms with Crippen LogP contribution in [-0.2, 0) is 13.9 Å². The fourth-order valence-electron chi connectivity index (χ4n) is 5.82. The average Bonchev–Trinajstić information content (AvgIpc) is 3.22. The van der Waals surface area contributed by atoms with E-state index in [4.69, 9.17) is 13.9 Å². The minimum absolute atomic E-state index is 0.189. The summed E-state index contributed by atoms with van der Waals surface area (Å²) in [6.45, 7) is 16.4. The summed E-state index contributed by atoms with van der Waals surface area (Å²) in [7, 11) is -2.76. The van der Waals surface area contributed by atoms with Crippen molar-refractivity contribution in [2.45, 2.75) is 109 Å². The van der Waals surface area contributed by atoms with Crippen LogP contribution in [0.2, 0.25) is 5.04 Å². The lowest BCUT2D eigenvalue weighted by molar-refractivity contribution is -0.0628. The number of benzene rings is 2. The molecule has 1 fully saturated rings. The summed E-state index contributed by atoms with van der Waals surface area (Å²) in [6, 6.07) is 19.7. The maximum Gasteiger partial charge on any atom is 0.412 e. The Balaban J connectivity index is 1.75. The number of rotatable bonds is 11. The molecule has 0 radical (unpaired) electrons. The van der Waals surface area contributed by atoms with Crippen LogP contribution in [0.15, 0.2) is 65.8 Å². The van der Waals surface area contributed by atoms with Crippen molar-refractivity contribution >= 4 is 24.8 Å². The Morgan fingerprint density at radius 2 is 1.62 bits per heavy atom. The highest BCUT2D eigenvalue weighted by Crippen LogP contribution is 2.37. The van der Waals surface area contributed by atoms with Gasteiger partial charge < -0.3 is 19.0 Å². The molecular weight excluding hydrogens is 548 g/mol. The van der Waals surface area contributed by atoms with Crippen LogP contribution in [0.25, 0.3) is 10.4 Å². The molecule has 10 heteroatoms. The van der Waals surface area contributed by atoms with E-state index < -0.39 is 37.9 Å². The maximum absolute atomic E-state index is 13.0. The summed E-state index contributed by atoms with van der Waals surface area (Å²) >= 11 is 0. The van der Waals surface area contributed by atoms with Crippen LogP contribution >= 0.6 is 0 Å². The summed E-state index contributed by atoms with van der Waals surface area (Å²) < 4.78 is 18.5. The molecule has 3 atom stereocenters. The standard InChI is InChI=1S/C32H48N4O5Si/c1-30(2,3)41-29(38)36-24(23-39-32(36,7)8)19-20-27(34-35-33)28(37)21-22-40-42(31(4,5)6,25-15-11-9-12-16-25)26-17-13-10-14-18-26/h9-18,24,27-28,37H,19-23H2,1-8H3/t24-,27-,28-/m0/s1. The molecule has 1 aliphatic heterocycles. The topological polar surface area (TPSA) is 117 Å². The fourth-order valence-corrected chi connectivity index (χ4v) is 10.4. The molecule has 0 unspecified atom stereocenters. The highest BCUT2D eigenvalue weighted by Gasteiger charge is 2.50. The third-order valence-corrected chi connectivity index (χ3v) is 12.8. The molecule has 3 rings (SSSR count). The molecule has 9 nitrogen and oxygen atoms in total. The number of ether oxygens (including phenoxy) is 2. The summed E-state index contributed by atoms with van der Waals surface area (Å²) in [5, 5.41) is 17.3. The molecule has 0 aromatic heterocycles. The van der Waals surface area contributed by atoms with Gasteiger partial charge in [-0.15, -0.1) is 0 Å². The van der Waals surface area contributed by atoms with E-state index in [2.05, 4.69) is 55.1 Å². The van der Waals surface area contributed by atoms with Crippen LogP contribution in [0.4, 0.5) is 4.79 Å². The lowest BCUT2D eigenvalue weighted by atomic mass is 10.00. The van der Waals surface area contributed by atoms with Crippen LogP contribution in [-0.4, -0.2) is 67.1 Å². The number of azide groups is 1. The lowest BCUT2D eigenvalue weighted by Gasteiger charge is -2.43. The van der Waals surface area contributed by atoms with Gasteiger partial charge >= 0.3 is 6.09 Å². The van der Waals surface area contributed by atoms with Crippen molar-refractivity contribution in [2.75, 3.05) is 13.2 Å². The van der Waals surface area contributed by atoms with Gasteiger partial charge in [0.2, 0.25) is 0 Å². The number of nitrogens with zero attached hydrogens (tertiary/aromatic N) is 4. The highest BCUT2D eigenvalue weighted by molar-refractivity contribution is 6.99. The Bertz CT molecular complexity index is 1170. The van der Waals surface area contributed by atoms with Gasteiger partial charge in [-0.3, -0.25) is 4.90 Å². The zero-order chi connectivity index (χ0) is 31.2. The molecule has 1 aliphatic rings. The number of hydrogen-bond acceptors (Lipinski definition) is 6. The summed E-state index contributed by atoms with van der Waals surface area (Å²) in [5.41, 5.74) is 7.83. The van der Waals surface area contributed by atoms with Gasteiger partial charge in [-0.2, -0.15) is 0 Å². The van der Waals surface area contributed by atoms with Crippen LogP contribution < -0.4 is 10.4 Å². The quantitative estimate of drug-likeness (QED) is 0.145. The number of carbonyl (C=O) groups is 1. The zero-order valence-electron chi connectivity index (χ0n) is 26.4. The maximum atomic E-state index is 13.0. The number of carbonyl (C=O) groups excluding carboxylic acids is 1. The molecule has 0 saturated carbocycles. The van der Waals surface area contributed by atoms with Crippen molar-refractivity contribution in [1.29, 1.82) is 0 Å². The normalized spacial score (nSPS) is 18.7. The molecule has 0 bridgehead atoms. The second-order valence-electron chi connectivity index (χ2n) is 13.5. The second kappa shape index (κ2) is 13.6. The van der Waals surface area contributed by atoms with Gasteiger partial charge in [-0.05, 0) is 74.8 Å². The van der Waals surface area contributed by atoms with E-state index in [0.29, 0.717) is 32.5 Å². The van der Waals surface area contributed by atoms with Crippen molar-refractivity contribution in [3.05, 3.63) is 71.1 Å². The van der Waals surface area contributed by atoms with Crippen molar-refractivity contribution in [1.82, 2.24) is 4.90 Å². The van der Waals surface area contributed by atoms with Crippen molar-refractivity contribution in [3.8, 4) is 0 Å². The SMILES string of the molecule is CC(C)(C)OC(=O)N1[C@@H](CC[C@H](N=[N+]=[N-])[C@@H](O)CCO[Si](c2ccccc2)(c2ccccc2)C(C)(C)C)COC1(C)C. The molecule has 42 heavy (non-hydrogen) atoms. The minimum Gasteiger partial charge on any atom is -0.444 e. The fraction of sp³-hybridized carbons (Fsp3) is 0.594. The van der Waals surface area contributed by atoms with Crippen LogP contribution in [0, 0.1) is 0 Å². The Hall–Kier alpha value is -2.88. The first-order chi connectivity index (χ1) is 19.6. The van der Waals surface area contributed by atoms with E-state index in [-0.39, 0.29) is 11.1 Å². The Kier molecular flexibility index (Phi) is 10.9. The minimum atomic E-state index is -2.76. The molecule has 2 aromatic rings.